The SMILES string of the molecule is COCCNS(=O)(=O)N1CCC(C)C1CO. The van der Waals surface area contributed by atoms with Gasteiger partial charge in [-0.05, 0) is 12.3 Å². The normalized spacial score (nSPS) is 27.4. The highest BCUT2D eigenvalue weighted by molar-refractivity contribution is 7.87. The first kappa shape index (κ1) is 13.9. The highest BCUT2D eigenvalue weighted by atomic mass is 32.2. The molecule has 1 aliphatic rings. The Kier molecular flexibility index (Phi) is 5.13. The van der Waals surface area contributed by atoms with Gasteiger partial charge in [0.15, 0.2) is 0 Å². The van der Waals surface area contributed by atoms with Crippen molar-refractivity contribution in [3.8, 4) is 0 Å². The first-order chi connectivity index (χ1) is 7.53. The second-order valence-electron chi connectivity index (χ2n) is 4.02. The summed E-state index contributed by atoms with van der Waals surface area (Å²) in [6, 6.07) is -0.306. The fourth-order valence-electron chi connectivity index (χ4n) is 1.90. The predicted octanol–water partition coefficient (Wildman–Crippen LogP) is -0.830. The summed E-state index contributed by atoms with van der Waals surface area (Å²) in [5.41, 5.74) is 0. The molecule has 2 N–H and O–H groups in total. The van der Waals surface area contributed by atoms with Crippen LogP contribution in [0.1, 0.15) is 13.3 Å². The highest BCUT2D eigenvalue weighted by Crippen LogP contribution is 2.25. The van der Waals surface area contributed by atoms with Crippen LogP contribution >= 0.6 is 0 Å². The van der Waals surface area contributed by atoms with Crippen molar-refractivity contribution in [2.75, 3.05) is 33.4 Å². The van der Waals surface area contributed by atoms with Crippen molar-refractivity contribution in [2.24, 2.45) is 5.92 Å². The van der Waals surface area contributed by atoms with E-state index in [4.69, 9.17) is 4.74 Å². The quantitative estimate of drug-likeness (QED) is 0.605. The molecule has 0 spiro atoms. The maximum Gasteiger partial charge on any atom is 0.279 e. The zero-order chi connectivity index (χ0) is 12.2. The molecule has 0 amide bonds. The average Bonchev–Trinajstić information content (AvgIpc) is 2.60. The summed E-state index contributed by atoms with van der Waals surface area (Å²) in [5, 5.41) is 9.18. The number of hydrogen-bond donors (Lipinski definition) is 2. The van der Waals surface area contributed by atoms with E-state index >= 15 is 0 Å². The molecule has 1 fully saturated rings. The molecule has 96 valence electrons. The molecule has 2 unspecified atom stereocenters. The van der Waals surface area contributed by atoms with Gasteiger partial charge in [0.2, 0.25) is 0 Å². The predicted molar refractivity (Wildman–Crippen MR) is 60.2 cm³/mol. The van der Waals surface area contributed by atoms with Gasteiger partial charge in [0.05, 0.1) is 19.3 Å². The number of aliphatic hydroxyl groups is 1. The lowest BCUT2D eigenvalue weighted by atomic mass is 10.0. The van der Waals surface area contributed by atoms with Crippen LogP contribution in [0.15, 0.2) is 0 Å². The zero-order valence-corrected chi connectivity index (χ0v) is 10.5. The number of nitrogens with one attached hydrogen (secondary N) is 1. The van der Waals surface area contributed by atoms with E-state index in [1.165, 1.54) is 11.4 Å². The summed E-state index contributed by atoms with van der Waals surface area (Å²) in [4.78, 5) is 0. The molecule has 6 nitrogen and oxygen atoms in total. The molecule has 0 aliphatic carbocycles. The van der Waals surface area contributed by atoms with Crippen molar-refractivity contribution in [1.82, 2.24) is 9.03 Å². The number of hydrogen-bond acceptors (Lipinski definition) is 4. The fourth-order valence-corrected chi connectivity index (χ4v) is 3.38. The zero-order valence-electron chi connectivity index (χ0n) is 9.72. The molecule has 7 heteroatoms. The van der Waals surface area contributed by atoms with E-state index < -0.39 is 10.2 Å². The standard InChI is InChI=1S/C9H20N2O4S/c1-8-3-5-11(9(8)7-12)16(13,14)10-4-6-15-2/h8-10,12H,3-7H2,1-2H3. The number of rotatable bonds is 6. The van der Waals surface area contributed by atoms with Crippen molar-refractivity contribution in [3.63, 3.8) is 0 Å². The summed E-state index contributed by atoms with van der Waals surface area (Å²) in [6.45, 7) is 2.88. The molecule has 0 saturated carbocycles. The molecule has 1 heterocycles. The lowest BCUT2D eigenvalue weighted by Gasteiger charge is -2.24. The Bertz CT molecular complexity index is 307. The lowest BCUT2D eigenvalue weighted by Crippen LogP contribution is -2.46. The third-order valence-corrected chi connectivity index (χ3v) is 4.56. The lowest BCUT2D eigenvalue weighted by molar-refractivity contribution is 0.187. The second-order valence-corrected chi connectivity index (χ2v) is 5.73. The number of ether oxygens (including phenoxy) is 1. The fraction of sp³-hybridized carbons (Fsp3) is 1.00. The van der Waals surface area contributed by atoms with Crippen LogP contribution in [0.4, 0.5) is 0 Å². The van der Waals surface area contributed by atoms with Crippen LogP contribution in [0.5, 0.6) is 0 Å². The molecule has 1 aliphatic heterocycles. The first-order valence-corrected chi connectivity index (χ1v) is 6.83. The van der Waals surface area contributed by atoms with E-state index in [-0.39, 0.29) is 25.1 Å². The van der Waals surface area contributed by atoms with Gasteiger partial charge in [-0.1, -0.05) is 6.92 Å². The molecule has 16 heavy (non-hydrogen) atoms. The highest BCUT2D eigenvalue weighted by Gasteiger charge is 2.37. The number of nitrogens with zero attached hydrogens (tertiary/aromatic N) is 1. The smallest absolute Gasteiger partial charge is 0.279 e. The topological polar surface area (TPSA) is 78.9 Å². The largest absolute Gasteiger partial charge is 0.395 e. The minimum Gasteiger partial charge on any atom is -0.395 e. The minimum absolute atomic E-state index is 0.133. The van der Waals surface area contributed by atoms with Crippen LogP contribution in [0, 0.1) is 5.92 Å². The van der Waals surface area contributed by atoms with Gasteiger partial charge in [0, 0.05) is 20.2 Å². The van der Waals surface area contributed by atoms with Gasteiger partial charge in [0.1, 0.15) is 0 Å². The summed E-state index contributed by atoms with van der Waals surface area (Å²) >= 11 is 0. The Morgan fingerprint density at radius 3 is 2.81 bits per heavy atom. The summed E-state index contributed by atoms with van der Waals surface area (Å²) in [7, 11) is -1.97. The van der Waals surface area contributed by atoms with Crippen LogP contribution in [-0.2, 0) is 14.9 Å². The molecular weight excluding hydrogens is 232 g/mol. The van der Waals surface area contributed by atoms with Gasteiger partial charge < -0.3 is 9.84 Å². The monoisotopic (exact) mass is 252 g/mol. The van der Waals surface area contributed by atoms with Gasteiger partial charge in [-0.2, -0.15) is 17.4 Å². The molecular formula is C9H20N2O4S. The maximum atomic E-state index is 11.9. The molecule has 1 saturated heterocycles. The first-order valence-electron chi connectivity index (χ1n) is 5.39. The molecule has 1 rings (SSSR count). The summed E-state index contributed by atoms with van der Waals surface area (Å²) < 4.78 is 32.3. The molecule has 0 aromatic carbocycles. The summed E-state index contributed by atoms with van der Waals surface area (Å²) in [5.74, 6) is 0.198. The van der Waals surface area contributed by atoms with Crippen LogP contribution < -0.4 is 4.72 Å². The van der Waals surface area contributed by atoms with E-state index in [9.17, 15) is 13.5 Å². The maximum absolute atomic E-state index is 11.9. The van der Waals surface area contributed by atoms with Crippen LogP contribution in [0.3, 0.4) is 0 Å². The molecule has 0 aromatic rings. The van der Waals surface area contributed by atoms with E-state index in [0.29, 0.717) is 13.2 Å². The summed E-state index contributed by atoms with van der Waals surface area (Å²) in [6.07, 6.45) is 0.788. The third kappa shape index (κ3) is 3.14. The van der Waals surface area contributed by atoms with E-state index in [1.807, 2.05) is 6.92 Å². The van der Waals surface area contributed by atoms with Gasteiger partial charge >= 0.3 is 0 Å². The number of aliphatic hydroxyl groups excluding tert-OH is 1. The Hall–Kier alpha value is -0.210. The van der Waals surface area contributed by atoms with E-state index in [2.05, 4.69) is 4.72 Å². The van der Waals surface area contributed by atoms with Crippen molar-refractivity contribution in [2.45, 2.75) is 19.4 Å². The third-order valence-electron chi connectivity index (χ3n) is 2.92. The molecule has 0 bridgehead atoms. The Labute approximate surface area is 96.8 Å². The Balaban J connectivity index is 2.61. The number of methoxy groups -OCH3 is 1. The average molecular weight is 252 g/mol. The van der Waals surface area contributed by atoms with Crippen molar-refractivity contribution in [3.05, 3.63) is 0 Å². The second kappa shape index (κ2) is 5.92. The van der Waals surface area contributed by atoms with Gasteiger partial charge in [-0.15, -0.1) is 0 Å². The van der Waals surface area contributed by atoms with Crippen molar-refractivity contribution in [1.29, 1.82) is 0 Å². The van der Waals surface area contributed by atoms with Gasteiger partial charge in [0.25, 0.3) is 10.2 Å². The molecule has 2 atom stereocenters. The van der Waals surface area contributed by atoms with Crippen molar-refractivity contribution < 1.29 is 18.3 Å². The molecule has 0 aromatic heterocycles. The van der Waals surface area contributed by atoms with Crippen LogP contribution in [0.25, 0.3) is 0 Å². The van der Waals surface area contributed by atoms with E-state index in [0.717, 1.165) is 6.42 Å². The Morgan fingerprint density at radius 1 is 1.56 bits per heavy atom. The van der Waals surface area contributed by atoms with E-state index in [1.54, 1.807) is 0 Å². The van der Waals surface area contributed by atoms with Gasteiger partial charge in [-0.25, -0.2) is 0 Å². The van der Waals surface area contributed by atoms with Crippen LogP contribution in [-0.4, -0.2) is 57.3 Å². The van der Waals surface area contributed by atoms with Crippen LogP contribution in [0.2, 0.25) is 0 Å². The van der Waals surface area contributed by atoms with Crippen molar-refractivity contribution >= 4 is 10.2 Å². The minimum atomic E-state index is -3.48. The Morgan fingerprint density at radius 2 is 2.25 bits per heavy atom. The molecule has 0 radical (unpaired) electrons. The van der Waals surface area contributed by atoms with Gasteiger partial charge in [-0.3, -0.25) is 0 Å².